The predicted octanol–water partition coefficient (Wildman–Crippen LogP) is 5.09. The summed E-state index contributed by atoms with van der Waals surface area (Å²) in [5, 5.41) is 4.47. The molecule has 1 aliphatic rings. The highest BCUT2D eigenvalue weighted by molar-refractivity contribution is 6.35. The number of carbonyl (C=O) groups is 1. The van der Waals surface area contributed by atoms with Crippen LogP contribution in [0.5, 0.6) is 5.75 Å². The number of rotatable bonds is 6. The van der Waals surface area contributed by atoms with Crippen molar-refractivity contribution in [3.63, 3.8) is 0 Å². The summed E-state index contributed by atoms with van der Waals surface area (Å²) in [5.41, 5.74) is 2.11. The minimum absolute atomic E-state index is 0.0134. The standard InChI is InChI=1S/C22H26Cl2N2O2/c1-15(16-6-9-20(28-2)10-7-16)25-22(27)18-4-3-11-26(14-18)13-17-5-8-19(23)12-21(17)24/h5-10,12,15,18H,3-4,11,13-14H2,1-2H3,(H,25,27)/t15-,18+/m1/s1. The van der Waals surface area contributed by atoms with Crippen LogP contribution in [0.15, 0.2) is 42.5 Å². The first kappa shape index (κ1) is 21.0. The van der Waals surface area contributed by atoms with Crippen LogP contribution in [0.4, 0.5) is 0 Å². The second-order valence-corrected chi connectivity index (χ2v) is 8.16. The lowest BCUT2D eigenvalue weighted by atomic mass is 9.96. The van der Waals surface area contributed by atoms with E-state index in [2.05, 4.69) is 10.2 Å². The molecule has 0 aromatic heterocycles. The number of benzene rings is 2. The Morgan fingerprint density at radius 2 is 2.00 bits per heavy atom. The molecule has 0 saturated carbocycles. The van der Waals surface area contributed by atoms with Gasteiger partial charge in [-0.25, -0.2) is 0 Å². The molecule has 2 atom stereocenters. The molecule has 0 radical (unpaired) electrons. The quantitative estimate of drug-likeness (QED) is 0.707. The fraction of sp³-hybridized carbons (Fsp3) is 0.409. The van der Waals surface area contributed by atoms with E-state index >= 15 is 0 Å². The molecular formula is C22H26Cl2N2O2. The molecule has 28 heavy (non-hydrogen) atoms. The topological polar surface area (TPSA) is 41.6 Å². The molecule has 0 spiro atoms. The highest BCUT2D eigenvalue weighted by Crippen LogP contribution is 2.25. The second-order valence-electron chi connectivity index (χ2n) is 7.31. The normalized spacial score (nSPS) is 18.5. The highest BCUT2D eigenvalue weighted by atomic mass is 35.5. The molecule has 1 aliphatic heterocycles. The number of ether oxygens (including phenoxy) is 1. The number of hydrogen-bond acceptors (Lipinski definition) is 3. The van der Waals surface area contributed by atoms with Crippen LogP contribution < -0.4 is 10.1 Å². The van der Waals surface area contributed by atoms with Crippen molar-refractivity contribution in [3.8, 4) is 5.75 Å². The molecule has 1 heterocycles. The van der Waals surface area contributed by atoms with Gasteiger partial charge < -0.3 is 10.1 Å². The van der Waals surface area contributed by atoms with Crippen LogP contribution in [0.25, 0.3) is 0 Å². The molecule has 150 valence electrons. The average Bonchev–Trinajstić information content (AvgIpc) is 2.70. The maximum absolute atomic E-state index is 12.8. The van der Waals surface area contributed by atoms with Crippen LogP contribution in [0.1, 0.15) is 36.9 Å². The van der Waals surface area contributed by atoms with Gasteiger partial charge in [0, 0.05) is 23.1 Å². The van der Waals surface area contributed by atoms with E-state index in [1.807, 2.05) is 43.3 Å². The fourth-order valence-corrected chi connectivity index (χ4v) is 4.08. The molecule has 2 aromatic rings. The molecule has 1 saturated heterocycles. The zero-order valence-electron chi connectivity index (χ0n) is 16.3. The summed E-state index contributed by atoms with van der Waals surface area (Å²) in [4.78, 5) is 15.1. The Morgan fingerprint density at radius 3 is 2.68 bits per heavy atom. The smallest absolute Gasteiger partial charge is 0.224 e. The third-order valence-electron chi connectivity index (χ3n) is 5.26. The summed E-state index contributed by atoms with van der Waals surface area (Å²) < 4.78 is 5.19. The first-order chi connectivity index (χ1) is 13.5. The highest BCUT2D eigenvalue weighted by Gasteiger charge is 2.27. The van der Waals surface area contributed by atoms with E-state index in [0.717, 1.165) is 49.4 Å². The van der Waals surface area contributed by atoms with E-state index < -0.39 is 0 Å². The zero-order valence-corrected chi connectivity index (χ0v) is 17.8. The van der Waals surface area contributed by atoms with Gasteiger partial charge in [-0.1, -0.05) is 41.4 Å². The molecule has 2 aromatic carbocycles. The lowest BCUT2D eigenvalue weighted by molar-refractivity contribution is -0.127. The maximum atomic E-state index is 12.8. The minimum Gasteiger partial charge on any atom is -0.497 e. The summed E-state index contributed by atoms with van der Waals surface area (Å²) in [6.45, 7) is 4.44. The van der Waals surface area contributed by atoms with Gasteiger partial charge in [-0.05, 0) is 61.7 Å². The van der Waals surface area contributed by atoms with E-state index in [1.165, 1.54) is 0 Å². The number of methoxy groups -OCH3 is 1. The third kappa shape index (κ3) is 5.40. The monoisotopic (exact) mass is 420 g/mol. The average molecular weight is 421 g/mol. The molecule has 0 unspecified atom stereocenters. The van der Waals surface area contributed by atoms with Crippen molar-refractivity contribution >= 4 is 29.1 Å². The molecule has 0 bridgehead atoms. The molecule has 1 amide bonds. The Labute approximate surface area is 176 Å². The van der Waals surface area contributed by atoms with Crippen molar-refractivity contribution in [2.45, 2.75) is 32.4 Å². The first-order valence-electron chi connectivity index (χ1n) is 9.57. The first-order valence-corrected chi connectivity index (χ1v) is 10.3. The van der Waals surface area contributed by atoms with Crippen molar-refractivity contribution in [1.29, 1.82) is 0 Å². The summed E-state index contributed by atoms with van der Waals surface area (Å²) >= 11 is 12.3. The van der Waals surface area contributed by atoms with E-state index in [1.54, 1.807) is 13.2 Å². The summed E-state index contributed by atoms with van der Waals surface area (Å²) in [7, 11) is 1.65. The molecule has 0 aliphatic carbocycles. The summed E-state index contributed by atoms with van der Waals surface area (Å²) in [6, 6.07) is 13.3. The number of hydrogen-bond donors (Lipinski definition) is 1. The van der Waals surface area contributed by atoms with E-state index in [4.69, 9.17) is 27.9 Å². The second kappa shape index (κ2) is 9.64. The van der Waals surface area contributed by atoms with Gasteiger partial charge in [0.1, 0.15) is 5.75 Å². The maximum Gasteiger partial charge on any atom is 0.224 e. The van der Waals surface area contributed by atoms with Crippen LogP contribution >= 0.6 is 23.2 Å². The fourth-order valence-electron chi connectivity index (χ4n) is 3.61. The Balaban J connectivity index is 1.57. The summed E-state index contributed by atoms with van der Waals surface area (Å²) in [6.07, 6.45) is 1.91. The molecule has 1 fully saturated rings. The van der Waals surface area contributed by atoms with Gasteiger partial charge in [0.2, 0.25) is 5.91 Å². The molecular weight excluding hydrogens is 395 g/mol. The number of piperidine rings is 1. The van der Waals surface area contributed by atoms with Gasteiger partial charge in [0.15, 0.2) is 0 Å². The Hall–Kier alpha value is -1.75. The largest absolute Gasteiger partial charge is 0.497 e. The number of nitrogens with one attached hydrogen (secondary N) is 1. The van der Waals surface area contributed by atoms with Gasteiger partial charge in [0.25, 0.3) is 0 Å². The SMILES string of the molecule is COc1ccc([C@@H](C)NC(=O)[C@H]2CCCN(Cc3ccc(Cl)cc3Cl)C2)cc1. The molecule has 3 rings (SSSR count). The zero-order chi connectivity index (χ0) is 20.1. The minimum atomic E-state index is -0.0421. The van der Waals surface area contributed by atoms with Crippen LogP contribution in [0.2, 0.25) is 10.0 Å². The van der Waals surface area contributed by atoms with Gasteiger partial charge in [-0.15, -0.1) is 0 Å². The number of halogens is 2. The lowest BCUT2D eigenvalue weighted by Gasteiger charge is -2.32. The summed E-state index contributed by atoms with van der Waals surface area (Å²) in [5.74, 6) is 0.904. The number of likely N-dealkylation sites (tertiary alicyclic amines) is 1. The van der Waals surface area contributed by atoms with Crippen LogP contribution in [0, 0.1) is 5.92 Å². The number of amides is 1. The molecule has 4 nitrogen and oxygen atoms in total. The van der Waals surface area contributed by atoms with Crippen molar-refractivity contribution in [2.75, 3.05) is 20.2 Å². The Kier molecular flexibility index (Phi) is 7.22. The van der Waals surface area contributed by atoms with Gasteiger partial charge in [0.05, 0.1) is 19.1 Å². The van der Waals surface area contributed by atoms with Crippen LogP contribution in [-0.2, 0) is 11.3 Å². The van der Waals surface area contributed by atoms with E-state index in [0.29, 0.717) is 10.0 Å². The van der Waals surface area contributed by atoms with Gasteiger partial charge in [-0.3, -0.25) is 9.69 Å². The van der Waals surface area contributed by atoms with Gasteiger partial charge in [-0.2, -0.15) is 0 Å². The van der Waals surface area contributed by atoms with Crippen molar-refractivity contribution < 1.29 is 9.53 Å². The lowest BCUT2D eigenvalue weighted by Crippen LogP contribution is -2.43. The van der Waals surface area contributed by atoms with Crippen LogP contribution in [-0.4, -0.2) is 31.0 Å². The number of carbonyl (C=O) groups excluding carboxylic acids is 1. The van der Waals surface area contributed by atoms with Crippen molar-refractivity contribution in [3.05, 3.63) is 63.6 Å². The Bertz CT molecular complexity index is 811. The predicted molar refractivity (Wildman–Crippen MR) is 114 cm³/mol. The third-order valence-corrected chi connectivity index (χ3v) is 5.85. The van der Waals surface area contributed by atoms with E-state index in [9.17, 15) is 4.79 Å². The van der Waals surface area contributed by atoms with Crippen molar-refractivity contribution in [1.82, 2.24) is 10.2 Å². The molecule has 1 N–H and O–H groups in total. The number of nitrogens with zero attached hydrogens (tertiary/aromatic N) is 1. The molecule has 6 heteroatoms. The van der Waals surface area contributed by atoms with E-state index in [-0.39, 0.29) is 17.9 Å². The van der Waals surface area contributed by atoms with Crippen molar-refractivity contribution in [2.24, 2.45) is 5.92 Å². The van der Waals surface area contributed by atoms with Crippen LogP contribution in [0.3, 0.4) is 0 Å². The van der Waals surface area contributed by atoms with Gasteiger partial charge >= 0.3 is 0 Å². The Morgan fingerprint density at radius 1 is 1.25 bits per heavy atom.